The number of oxime groups is 1. The summed E-state index contributed by atoms with van der Waals surface area (Å²) in [6.07, 6.45) is 2.27. The summed E-state index contributed by atoms with van der Waals surface area (Å²) in [4.78, 5) is 17.1. The smallest absolute Gasteiger partial charge is 0.283 e. The van der Waals surface area contributed by atoms with Crippen LogP contribution in [-0.4, -0.2) is 36.0 Å². The van der Waals surface area contributed by atoms with E-state index in [9.17, 15) is 4.79 Å². The maximum absolute atomic E-state index is 12.1. The molecule has 0 N–H and O–H groups in total. The lowest BCUT2D eigenvalue weighted by atomic mass is 10.1. The maximum Gasteiger partial charge on any atom is 0.283 e. The zero-order valence-corrected chi connectivity index (χ0v) is 13.7. The first-order valence-corrected chi connectivity index (χ1v) is 7.94. The average Bonchev–Trinajstić information content (AvgIpc) is 3.11. The summed E-state index contributed by atoms with van der Waals surface area (Å²) in [6.45, 7) is 0.420. The first-order chi connectivity index (χ1) is 11.7. The highest BCUT2D eigenvalue weighted by Crippen LogP contribution is 2.13. The van der Waals surface area contributed by atoms with Gasteiger partial charge in [0.1, 0.15) is 0 Å². The molecule has 0 bridgehead atoms. The van der Waals surface area contributed by atoms with Crippen LogP contribution in [-0.2, 0) is 9.63 Å². The molecule has 0 radical (unpaired) electrons. The number of halogens is 1. The van der Waals surface area contributed by atoms with Crippen molar-refractivity contribution in [1.82, 2.24) is 5.01 Å². The van der Waals surface area contributed by atoms with Crippen LogP contribution in [0.3, 0.4) is 0 Å². The minimum atomic E-state index is -0.214. The summed E-state index contributed by atoms with van der Waals surface area (Å²) in [5.41, 5.74) is 2.79. The van der Waals surface area contributed by atoms with Crippen molar-refractivity contribution in [2.45, 2.75) is 6.42 Å². The number of rotatable bonds is 5. The van der Waals surface area contributed by atoms with Gasteiger partial charge in [0.2, 0.25) is 0 Å². The number of nitrogens with zero attached hydrogens (tertiary/aromatic N) is 3. The van der Waals surface area contributed by atoms with Gasteiger partial charge in [-0.15, -0.1) is 0 Å². The van der Waals surface area contributed by atoms with Gasteiger partial charge in [-0.2, -0.15) is 5.10 Å². The summed E-state index contributed by atoms with van der Waals surface area (Å²) >= 11 is 5.80. The Balaban J connectivity index is 1.51. The Morgan fingerprint density at radius 2 is 1.96 bits per heavy atom. The minimum Gasteiger partial charge on any atom is -0.386 e. The molecule has 0 saturated carbocycles. The third-order valence-electron chi connectivity index (χ3n) is 3.53. The van der Waals surface area contributed by atoms with Crippen molar-refractivity contribution in [2.75, 3.05) is 13.2 Å². The molecule has 1 aliphatic rings. The maximum atomic E-state index is 12.1. The normalized spacial score (nSPS) is 14.0. The molecule has 0 saturated heterocycles. The molecule has 0 aromatic heterocycles. The fourth-order valence-electron chi connectivity index (χ4n) is 2.28. The molecule has 0 atom stereocenters. The molecule has 0 spiro atoms. The van der Waals surface area contributed by atoms with Gasteiger partial charge in [0, 0.05) is 11.4 Å². The van der Waals surface area contributed by atoms with E-state index >= 15 is 0 Å². The van der Waals surface area contributed by atoms with Crippen LogP contribution in [0.25, 0.3) is 0 Å². The second-order valence-corrected chi connectivity index (χ2v) is 5.68. The first-order valence-electron chi connectivity index (χ1n) is 7.56. The Labute approximate surface area is 145 Å². The number of hydrogen-bond acceptors (Lipinski definition) is 4. The van der Waals surface area contributed by atoms with E-state index in [2.05, 4.69) is 10.3 Å². The van der Waals surface area contributed by atoms with Crippen LogP contribution >= 0.6 is 11.6 Å². The lowest BCUT2D eigenvalue weighted by molar-refractivity contribution is -0.135. The molecule has 1 aliphatic heterocycles. The second kappa shape index (κ2) is 7.75. The topological polar surface area (TPSA) is 54.3 Å². The van der Waals surface area contributed by atoms with Gasteiger partial charge in [0.15, 0.2) is 6.61 Å². The van der Waals surface area contributed by atoms with Gasteiger partial charge in [-0.1, -0.05) is 59.2 Å². The van der Waals surface area contributed by atoms with Gasteiger partial charge in [-0.05, 0) is 23.3 Å². The molecule has 1 heterocycles. The van der Waals surface area contributed by atoms with E-state index in [0.29, 0.717) is 11.6 Å². The zero-order valence-electron chi connectivity index (χ0n) is 12.9. The van der Waals surface area contributed by atoms with E-state index in [0.717, 1.165) is 23.3 Å². The zero-order chi connectivity index (χ0) is 16.8. The number of carbonyl (C=O) groups excluding carboxylic acids is 1. The monoisotopic (exact) mass is 341 g/mol. The van der Waals surface area contributed by atoms with E-state index in [1.807, 2.05) is 42.5 Å². The number of amides is 1. The summed E-state index contributed by atoms with van der Waals surface area (Å²) < 4.78 is 0. The molecule has 0 fully saturated rings. The molecule has 24 heavy (non-hydrogen) atoms. The first kappa shape index (κ1) is 16.2. The highest BCUT2D eigenvalue weighted by atomic mass is 35.5. The van der Waals surface area contributed by atoms with Crippen LogP contribution in [0.1, 0.15) is 17.5 Å². The molecule has 0 aliphatic carbocycles. The lowest BCUT2D eigenvalue weighted by Crippen LogP contribution is -2.26. The summed E-state index contributed by atoms with van der Waals surface area (Å²) in [5, 5.41) is 10.2. The van der Waals surface area contributed by atoms with Crippen LogP contribution in [0.4, 0.5) is 0 Å². The van der Waals surface area contributed by atoms with E-state index < -0.39 is 0 Å². The third-order valence-corrected chi connectivity index (χ3v) is 3.78. The quantitative estimate of drug-likeness (QED) is 0.618. The molecule has 2 aromatic carbocycles. The molecule has 122 valence electrons. The standard InChI is InChI=1S/C18H16ClN3O2/c19-16-8-6-14(7-9-16)12-20-24-13-18(23)22-11-10-17(21-22)15-4-2-1-3-5-15/h1-9,12H,10-11,13H2/b20-12+. The highest BCUT2D eigenvalue weighted by molar-refractivity contribution is 6.30. The molecule has 2 aromatic rings. The van der Waals surface area contributed by atoms with Crippen molar-refractivity contribution in [2.24, 2.45) is 10.3 Å². The van der Waals surface area contributed by atoms with Crippen LogP contribution < -0.4 is 0 Å². The van der Waals surface area contributed by atoms with Crippen LogP contribution in [0.2, 0.25) is 5.02 Å². The largest absolute Gasteiger partial charge is 0.386 e. The predicted molar refractivity (Wildman–Crippen MR) is 94.3 cm³/mol. The molecule has 0 unspecified atom stereocenters. The Hall–Kier alpha value is -2.66. The van der Waals surface area contributed by atoms with Crippen molar-refractivity contribution in [3.63, 3.8) is 0 Å². The van der Waals surface area contributed by atoms with Crippen molar-refractivity contribution in [3.8, 4) is 0 Å². The van der Waals surface area contributed by atoms with E-state index in [4.69, 9.17) is 16.4 Å². The number of carbonyl (C=O) groups is 1. The molecule has 5 nitrogen and oxygen atoms in total. The second-order valence-electron chi connectivity index (χ2n) is 5.24. The van der Waals surface area contributed by atoms with Gasteiger partial charge in [-0.3, -0.25) is 4.79 Å². The van der Waals surface area contributed by atoms with Crippen LogP contribution in [0.5, 0.6) is 0 Å². The summed E-state index contributed by atoms with van der Waals surface area (Å²) in [6, 6.07) is 17.0. The van der Waals surface area contributed by atoms with Gasteiger partial charge in [0.05, 0.1) is 18.5 Å². The number of hydrogen-bond donors (Lipinski definition) is 0. The molecule has 1 amide bonds. The number of hydrazone groups is 1. The van der Waals surface area contributed by atoms with Crippen LogP contribution in [0, 0.1) is 0 Å². The molecular weight excluding hydrogens is 326 g/mol. The predicted octanol–water partition coefficient (Wildman–Crippen LogP) is 3.33. The van der Waals surface area contributed by atoms with Crippen molar-refractivity contribution < 1.29 is 9.63 Å². The third kappa shape index (κ3) is 4.20. The van der Waals surface area contributed by atoms with Crippen LogP contribution in [0.15, 0.2) is 64.9 Å². The highest BCUT2D eigenvalue weighted by Gasteiger charge is 2.21. The van der Waals surface area contributed by atoms with E-state index in [1.54, 1.807) is 12.1 Å². The van der Waals surface area contributed by atoms with Gasteiger partial charge in [0.25, 0.3) is 5.91 Å². The summed E-state index contributed by atoms with van der Waals surface area (Å²) in [7, 11) is 0. The lowest BCUT2D eigenvalue weighted by Gasteiger charge is -2.09. The molecule has 6 heteroatoms. The number of benzene rings is 2. The van der Waals surface area contributed by atoms with E-state index in [1.165, 1.54) is 11.2 Å². The Kier molecular flexibility index (Phi) is 5.23. The van der Waals surface area contributed by atoms with Crippen molar-refractivity contribution >= 4 is 29.4 Å². The van der Waals surface area contributed by atoms with E-state index in [-0.39, 0.29) is 12.5 Å². The van der Waals surface area contributed by atoms with Gasteiger partial charge in [-0.25, -0.2) is 5.01 Å². The minimum absolute atomic E-state index is 0.143. The van der Waals surface area contributed by atoms with Crippen molar-refractivity contribution in [1.29, 1.82) is 0 Å². The van der Waals surface area contributed by atoms with Gasteiger partial charge < -0.3 is 4.84 Å². The fourth-order valence-corrected chi connectivity index (χ4v) is 2.41. The Morgan fingerprint density at radius 3 is 2.71 bits per heavy atom. The summed E-state index contributed by atoms with van der Waals surface area (Å²) in [5.74, 6) is -0.214. The SMILES string of the molecule is O=C(CO/N=C/c1ccc(Cl)cc1)N1CCC(c2ccccc2)=N1. The van der Waals surface area contributed by atoms with Crippen molar-refractivity contribution in [3.05, 3.63) is 70.7 Å². The Morgan fingerprint density at radius 1 is 1.21 bits per heavy atom. The van der Waals surface area contributed by atoms with Gasteiger partial charge >= 0.3 is 0 Å². The Bertz CT molecular complexity index is 758. The fraction of sp³-hybridized carbons (Fsp3) is 0.167. The molecule has 3 rings (SSSR count). The molecular formula is C18H16ClN3O2. The average molecular weight is 342 g/mol.